The van der Waals surface area contributed by atoms with Crippen LogP contribution in [-0.4, -0.2) is 23.0 Å². The fourth-order valence-electron chi connectivity index (χ4n) is 2.67. The molecule has 0 amide bonds. The lowest BCUT2D eigenvalue weighted by molar-refractivity contribution is 0.276. The Morgan fingerprint density at radius 2 is 1.68 bits per heavy atom. The van der Waals surface area contributed by atoms with Crippen molar-refractivity contribution in [2.75, 3.05) is 18.8 Å². The van der Waals surface area contributed by atoms with E-state index in [0.717, 1.165) is 43.9 Å². The molecular weight excluding hydrogens is 234 g/mol. The molecule has 1 aromatic carbocycles. The van der Waals surface area contributed by atoms with Crippen molar-refractivity contribution < 1.29 is 0 Å². The van der Waals surface area contributed by atoms with Crippen LogP contribution in [0.25, 0.3) is 0 Å². The Hall–Kier alpha value is -1.87. The Balaban J connectivity index is 1.71. The largest absolute Gasteiger partial charge is 0.397 e. The summed E-state index contributed by atoms with van der Waals surface area (Å²) in [5.74, 6) is 0. The standard InChI is InChI=1S/C16H19N3/c17-15-6-3-9-18-16(15)12-19-10-7-13-4-1-2-5-14(13)8-11-19/h1-6,9H,7-8,10-12,17H2. The third-order valence-corrected chi connectivity index (χ3v) is 3.81. The normalized spacial score (nSPS) is 15.8. The predicted molar refractivity (Wildman–Crippen MR) is 77.8 cm³/mol. The highest BCUT2D eigenvalue weighted by atomic mass is 15.1. The average Bonchev–Trinajstić information content (AvgIpc) is 2.64. The lowest BCUT2D eigenvalue weighted by Gasteiger charge is -2.19. The van der Waals surface area contributed by atoms with Gasteiger partial charge in [-0.25, -0.2) is 0 Å². The van der Waals surface area contributed by atoms with Crippen molar-refractivity contribution in [2.45, 2.75) is 19.4 Å². The first-order valence-electron chi connectivity index (χ1n) is 6.81. The molecule has 2 N–H and O–H groups in total. The van der Waals surface area contributed by atoms with Gasteiger partial charge in [0.15, 0.2) is 0 Å². The summed E-state index contributed by atoms with van der Waals surface area (Å²) in [6, 6.07) is 12.6. The van der Waals surface area contributed by atoms with E-state index in [4.69, 9.17) is 5.73 Å². The van der Waals surface area contributed by atoms with Crippen LogP contribution in [0.1, 0.15) is 16.8 Å². The number of nitrogens with zero attached hydrogens (tertiary/aromatic N) is 2. The second-order valence-corrected chi connectivity index (χ2v) is 5.08. The maximum Gasteiger partial charge on any atom is 0.0772 e. The molecule has 1 aliphatic rings. The summed E-state index contributed by atoms with van der Waals surface area (Å²) in [5, 5.41) is 0. The maximum absolute atomic E-state index is 5.97. The van der Waals surface area contributed by atoms with E-state index in [1.54, 1.807) is 0 Å². The molecule has 0 spiro atoms. The lowest BCUT2D eigenvalue weighted by Crippen LogP contribution is -2.26. The number of nitrogen functional groups attached to an aromatic ring is 1. The molecule has 3 nitrogen and oxygen atoms in total. The van der Waals surface area contributed by atoms with Crippen molar-refractivity contribution in [2.24, 2.45) is 0 Å². The van der Waals surface area contributed by atoms with Crippen LogP contribution in [0.4, 0.5) is 5.69 Å². The summed E-state index contributed by atoms with van der Waals surface area (Å²) in [5.41, 5.74) is 10.7. The third kappa shape index (κ3) is 2.76. The van der Waals surface area contributed by atoms with Crippen molar-refractivity contribution in [3.63, 3.8) is 0 Å². The molecule has 0 aliphatic carbocycles. The number of rotatable bonds is 2. The van der Waals surface area contributed by atoms with Gasteiger partial charge >= 0.3 is 0 Å². The van der Waals surface area contributed by atoms with Gasteiger partial charge in [0.1, 0.15) is 0 Å². The second-order valence-electron chi connectivity index (χ2n) is 5.08. The summed E-state index contributed by atoms with van der Waals surface area (Å²) in [6.45, 7) is 3.00. The maximum atomic E-state index is 5.97. The lowest BCUT2D eigenvalue weighted by atomic mass is 10.0. The van der Waals surface area contributed by atoms with Crippen LogP contribution < -0.4 is 5.73 Å². The molecule has 2 heterocycles. The highest BCUT2D eigenvalue weighted by Gasteiger charge is 2.14. The summed E-state index contributed by atoms with van der Waals surface area (Å²) >= 11 is 0. The van der Waals surface area contributed by atoms with E-state index >= 15 is 0 Å². The van der Waals surface area contributed by atoms with Gasteiger partial charge in [-0.05, 0) is 36.1 Å². The van der Waals surface area contributed by atoms with E-state index in [1.165, 1.54) is 11.1 Å². The SMILES string of the molecule is Nc1cccnc1CN1CCc2ccccc2CC1. The van der Waals surface area contributed by atoms with Gasteiger partial charge in [0.05, 0.1) is 11.4 Å². The molecule has 1 aliphatic heterocycles. The number of hydrogen-bond acceptors (Lipinski definition) is 3. The van der Waals surface area contributed by atoms with Gasteiger partial charge in [0.2, 0.25) is 0 Å². The van der Waals surface area contributed by atoms with Crippen LogP contribution in [-0.2, 0) is 19.4 Å². The molecule has 0 saturated heterocycles. The van der Waals surface area contributed by atoms with E-state index in [9.17, 15) is 0 Å². The highest BCUT2D eigenvalue weighted by Crippen LogP contribution is 2.18. The first-order valence-corrected chi connectivity index (χ1v) is 6.81. The molecule has 1 aromatic heterocycles. The van der Waals surface area contributed by atoms with Crippen LogP contribution in [0, 0.1) is 0 Å². The quantitative estimate of drug-likeness (QED) is 0.892. The van der Waals surface area contributed by atoms with Crippen molar-refractivity contribution in [1.29, 1.82) is 0 Å². The fraction of sp³-hybridized carbons (Fsp3) is 0.312. The van der Waals surface area contributed by atoms with Crippen molar-refractivity contribution in [3.8, 4) is 0 Å². The molecule has 3 rings (SSSR count). The minimum absolute atomic E-state index is 0.796. The highest BCUT2D eigenvalue weighted by molar-refractivity contribution is 5.41. The topological polar surface area (TPSA) is 42.1 Å². The Morgan fingerprint density at radius 3 is 2.32 bits per heavy atom. The van der Waals surface area contributed by atoms with Gasteiger partial charge in [-0.3, -0.25) is 9.88 Å². The predicted octanol–water partition coefficient (Wildman–Crippen LogP) is 2.26. The number of nitrogens with two attached hydrogens (primary N) is 1. The van der Waals surface area contributed by atoms with Crippen LogP contribution in [0.15, 0.2) is 42.6 Å². The van der Waals surface area contributed by atoms with Gasteiger partial charge in [-0.15, -0.1) is 0 Å². The smallest absolute Gasteiger partial charge is 0.0772 e. The minimum Gasteiger partial charge on any atom is -0.397 e. The molecule has 2 aromatic rings. The van der Waals surface area contributed by atoms with Gasteiger partial charge < -0.3 is 5.73 Å². The van der Waals surface area contributed by atoms with Gasteiger partial charge in [0.25, 0.3) is 0 Å². The van der Waals surface area contributed by atoms with Gasteiger partial charge in [-0.2, -0.15) is 0 Å². The molecular formula is C16H19N3. The van der Waals surface area contributed by atoms with Crippen LogP contribution in [0.5, 0.6) is 0 Å². The first-order chi connectivity index (χ1) is 9.33. The van der Waals surface area contributed by atoms with E-state index in [-0.39, 0.29) is 0 Å². The van der Waals surface area contributed by atoms with Gasteiger partial charge in [-0.1, -0.05) is 24.3 Å². The minimum atomic E-state index is 0.796. The Bertz CT molecular complexity index is 538. The van der Waals surface area contributed by atoms with E-state index in [1.807, 2.05) is 18.3 Å². The Labute approximate surface area is 114 Å². The van der Waals surface area contributed by atoms with E-state index < -0.39 is 0 Å². The molecule has 19 heavy (non-hydrogen) atoms. The average molecular weight is 253 g/mol. The van der Waals surface area contributed by atoms with Crippen LogP contribution in [0.3, 0.4) is 0 Å². The van der Waals surface area contributed by atoms with Crippen LogP contribution >= 0.6 is 0 Å². The number of benzene rings is 1. The summed E-state index contributed by atoms with van der Waals surface area (Å²) in [4.78, 5) is 6.83. The first kappa shape index (κ1) is 12.2. The second kappa shape index (κ2) is 5.41. The zero-order valence-corrected chi connectivity index (χ0v) is 11.0. The molecule has 0 fully saturated rings. The summed E-state index contributed by atoms with van der Waals surface area (Å²) in [7, 11) is 0. The number of fused-ring (bicyclic) bond motifs is 1. The number of pyridine rings is 1. The monoisotopic (exact) mass is 253 g/mol. The number of hydrogen-bond donors (Lipinski definition) is 1. The summed E-state index contributed by atoms with van der Waals surface area (Å²) < 4.78 is 0. The van der Waals surface area contributed by atoms with Crippen molar-refractivity contribution in [3.05, 3.63) is 59.4 Å². The van der Waals surface area contributed by atoms with E-state index in [0.29, 0.717) is 0 Å². The molecule has 3 heteroatoms. The Morgan fingerprint density at radius 1 is 1.00 bits per heavy atom. The molecule has 0 unspecified atom stereocenters. The fourth-order valence-corrected chi connectivity index (χ4v) is 2.67. The zero-order valence-electron chi connectivity index (χ0n) is 11.0. The van der Waals surface area contributed by atoms with Crippen molar-refractivity contribution >= 4 is 5.69 Å². The zero-order chi connectivity index (χ0) is 13.1. The molecule has 0 bridgehead atoms. The van der Waals surface area contributed by atoms with Crippen LogP contribution in [0.2, 0.25) is 0 Å². The molecule has 0 radical (unpaired) electrons. The molecule has 0 atom stereocenters. The molecule has 0 saturated carbocycles. The van der Waals surface area contributed by atoms with Crippen molar-refractivity contribution in [1.82, 2.24) is 9.88 Å². The number of aromatic nitrogens is 1. The Kier molecular flexibility index (Phi) is 3.47. The number of anilines is 1. The van der Waals surface area contributed by atoms with Gasteiger partial charge in [0, 0.05) is 25.8 Å². The third-order valence-electron chi connectivity index (χ3n) is 3.81. The molecule has 98 valence electrons. The summed E-state index contributed by atoms with van der Waals surface area (Å²) in [6.07, 6.45) is 4.05. The van der Waals surface area contributed by atoms with E-state index in [2.05, 4.69) is 34.1 Å².